The standard InChI is InChI=1S/C15H19FN4/c1-10-14(11-4-2-5-12(16)8-11)15(19-18-10)20-7-3-6-13(17)9-20/h2,4-5,8,13H,3,6-7,9,17H2,1H3,(H,18,19). The van der Waals surface area contributed by atoms with E-state index in [1.807, 2.05) is 13.0 Å². The molecule has 1 aliphatic heterocycles. The number of nitrogens with one attached hydrogen (secondary N) is 1. The molecule has 0 spiro atoms. The predicted octanol–water partition coefficient (Wildman–Crippen LogP) is 2.45. The van der Waals surface area contributed by atoms with E-state index in [9.17, 15) is 4.39 Å². The Morgan fingerprint density at radius 1 is 1.45 bits per heavy atom. The molecule has 1 aromatic carbocycles. The summed E-state index contributed by atoms with van der Waals surface area (Å²) >= 11 is 0. The molecule has 0 bridgehead atoms. The Morgan fingerprint density at radius 2 is 2.30 bits per heavy atom. The zero-order valence-electron chi connectivity index (χ0n) is 11.6. The molecule has 1 fully saturated rings. The Labute approximate surface area is 117 Å². The van der Waals surface area contributed by atoms with E-state index in [0.29, 0.717) is 0 Å². The average Bonchev–Trinajstić information content (AvgIpc) is 2.80. The van der Waals surface area contributed by atoms with Crippen molar-refractivity contribution in [1.29, 1.82) is 0 Å². The predicted molar refractivity (Wildman–Crippen MR) is 78.1 cm³/mol. The second-order valence-electron chi connectivity index (χ2n) is 5.41. The van der Waals surface area contributed by atoms with Crippen LogP contribution in [0.3, 0.4) is 0 Å². The van der Waals surface area contributed by atoms with Crippen LogP contribution in [0.15, 0.2) is 24.3 Å². The van der Waals surface area contributed by atoms with E-state index < -0.39 is 0 Å². The first-order valence-electron chi connectivity index (χ1n) is 6.96. The second kappa shape index (κ2) is 5.25. The molecule has 0 radical (unpaired) electrons. The highest BCUT2D eigenvalue weighted by Crippen LogP contribution is 2.33. The van der Waals surface area contributed by atoms with Crippen molar-refractivity contribution in [2.24, 2.45) is 5.73 Å². The van der Waals surface area contributed by atoms with Gasteiger partial charge in [0.1, 0.15) is 5.82 Å². The molecule has 4 nitrogen and oxygen atoms in total. The topological polar surface area (TPSA) is 57.9 Å². The number of hydrogen-bond donors (Lipinski definition) is 2. The van der Waals surface area contributed by atoms with Crippen LogP contribution in [0.25, 0.3) is 11.1 Å². The van der Waals surface area contributed by atoms with Crippen molar-refractivity contribution in [3.63, 3.8) is 0 Å². The Hall–Kier alpha value is -1.88. The zero-order chi connectivity index (χ0) is 14.1. The summed E-state index contributed by atoms with van der Waals surface area (Å²) < 4.78 is 13.5. The van der Waals surface area contributed by atoms with Gasteiger partial charge in [0, 0.05) is 30.4 Å². The van der Waals surface area contributed by atoms with Crippen molar-refractivity contribution >= 4 is 5.82 Å². The van der Waals surface area contributed by atoms with Crippen LogP contribution in [0.1, 0.15) is 18.5 Å². The van der Waals surface area contributed by atoms with Gasteiger partial charge in [-0.3, -0.25) is 5.10 Å². The van der Waals surface area contributed by atoms with Crippen molar-refractivity contribution in [3.05, 3.63) is 35.8 Å². The average molecular weight is 274 g/mol. The second-order valence-corrected chi connectivity index (χ2v) is 5.41. The molecule has 2 aromatic rings. The number of nitrogens with two attached hydrogens (primary N) is 1. The van der Waals surface area contributed by atoms with E-state index in [2.05, 4.69) is 15.1 Å². The molecular weight excluding hydrogens is 255 g/mol. The molecule has 1 aromatic heterocycles. The fourth-order valence-electron chi connectivity index (χ4n) is 2.84. The number of hydrogen-bond acceptors (Lipinski definition) is 3. The third kappa shape index (κ3) is 2.41. The number of aromatic amines is 1. The van der Waals surface area contributed by atoms with Crippen molar-refractivity contribution < 1.29 is 4.39 Å². The molecular formula is C15H19FN4. The van der Waals surface area contributed by atoms with Crippen molar-refractivity contribution in [2.75, 3.05) is 18.0 Å². The minimum Gasteiger partial charge on any atom is -0.353 e. The SMILES string of the molecule is Cc1[nH]nc(N2CCCC(N)C2)c1-c1cccc(F)c1. The molecule has 5 heteroatoms. The summed E-state index contributed by atoms with van der Waals surface area (Å²) in [7, 11) is 0. The number of piperidine rings is 1. The molecule has 0 saturated carbocycles. The third-order valence-electron chi connectivity index (χ3n) is 3.80. The first-order valence-corrected chi connectivity index (χ1v) is 6.96. The fraction of sp³-hybridized carbons (Fsp3) is 0.400. The summed E-state index contributed by atoms with van der Waals surface area (Å²) in [4.78, 5) is 2.19. The molecule has 3 N–H and O–H groups in total. The van der Waals surface area contributed by atoms with Gasteiger partial charge in [-0.15, -0.1) is 0 Å². The van der Waals surface area contributed by atoms with Crippen LogP contribution < -0.4 is 10.6 Å². The van der Waals surface area contributed by atoms with E-state index in [0.717, 1.165) is 48.6 Å². The molecule has 20 heavy (non-hydrogen) atoms. The number of benzene rings is 1. The molecule has 0 amide bonds. The lowest BCUT2D eigenvalue weighted by Gasteiger charge is -2.31. The van der Waals surface area contributed by atoms with E-state index in [1.54, 1.807) is 12.1 Å². The monoisotopic (exact) mass is 274 g/mol. The Bertz CT molecular complexity index is 608. The van der Waals surface area contributed by atoms with Crippen molar-refractivity contribution in [1.82, 2.24) is 10.2 Å². The van der Waals surface area contributed by atoms with Gasteiger partial charge in [0.05, 0.1) is 0 Å². The van der Waals surface area contributed by atoms with Crippen molar-refractivity contribution in [2.45, 2.75) is 25.8 Å². The number of halogens is 1. The summed E-state index contributed by atoms with van der Waals surface area (Å²) in [6.45, 7) is 3.70. The normalized spacial score (nSPS) is 19.4. The van der Waals surface area contributed by atoms with Crippen LogP contribution in [-0.2, 0) is 0 Å². The van der Waals surface area contributed by atoms with Gasteiger partial charge in [-0.2, -0.15) is 5.10 Å². The van der Waals surface area contributed by atoms with Crippen LogP contribution in [0.5, 0.6) is 0 Å². The number of nitrogens with zero attached hydrogens (tertiary/aromatic N) is 2. The number of H-pyrrole nitrogens is 1. The van der Waals surface area contributed by atoms with Crippen LogP contribution in [0, 0.1) is 12.7 Å². The van der Waals surface area contributed by atoms with Gasteiger partial charge in [0.25, 0.3) is 0 Å². The van der Waals surface area contributed by atoms with E-state index in [4.69, 9.17) is 5.73 Å². The summed E-state index contributed by atoms with van der Waals surface area (Å²) in [6, 6.07) is 6.82. The minimum atomic E-state index is -0.232. The van der Waals surface area contributed by atoms with E-state index in [1.165, 1.54) is 6.07 Å². The lowest BCUT2D eigenvalue weighted by Crippen LogP contribution is -2.43. The first kappa shape index (κ1) is 13.1. The highest BCUT2D eigenvalue weighted by Gasteiger charge is 2.23. The summed E-state index contributed by atoms with van der Waals surface area (Å²) in [5.41, 5.74) is 8.81. The largest absolute Gasteiger partial charge is 0.353 e. The lowest BCUT2D eigenvalue weighted by molar-refractivity contribution is 0.503. The van der Waals surface area contributed by atoms with Crippen LogP contribution in [0.4, 0.5) is 10.2 Å². The molecule has 1 aliphatic rings. The van der Waals surface area contributed by atoms with Gasteiger partial charge in [0.15, 0.2) is 5.82 Å². The van der Waals surface area contributed by atoms with E-state index in [-0.39, 0.29) is 11.9 Å². The van der Waals surface area contributed by atoms with Gasteiger partial charge in [-0.25, -0.2) is 4.39 Å². The van der Waals surface area contributed by atoms with Crippen molar-refractivity contribution in [3.8, 4) is 11.1 Å². The maximum atomic E-state index is 13.5. The molecule has 1 saturated heterocycles. The molecule has 0 aliphatic carbocycles. The van der Waals surface area contributed by atoms with Gasteiger partial charge in [0.2, 0.25) is 0 Å². The number of aromatic nitrogens is 2. The molecule has 106 valence electrons. The van der Waals surface area contributed by atoms with E-state index >= 15 is 0 Å². The molecule has 2 heterocycles. The van der Waals surface area contributed by atoms with Crippen LogP contribution >= 0.6 is 0 Å². The third-order valence-corrected chi connectivity index (χ3v) is 3.80. The van der Waals surface area contributed by atoms with Crippen LogP contribution in [-0.4, -0.2) is 29.3 Å². The molecule has 1 atom stereocenters. The Morgan fingerprint density at radius 3 is 3.05 bits per heavy atom. The highest BCUT2D eigenvalue weighted by atomic mass is 19.1. The maximum absolute atomic E-state index is 13.5. The number of rotatable bonds is 2. The quantitative estimate of drug-likeness (QED) is 0.884. The summed E-state index contributed by atoms with van der Waals surface area (Å²) in [5.74, 6) is 0.646. The Balaban J connectivity index is 2.01. The minimum absolute atomic E-state index is 0.182. The molecule has 1 unspecified atom stereocenters. The van der Waals surface area contributed by atoms with Crippen LogP contribution in [0.2, 0.25) is 0 Å². The molecule has 3 rings (SSSR count). The Kier molecular flexibility index (Phi) is 3.44. The maximum Gasteiger partial charge on any atom is 0.158 e. The van der Waals surface area contributed by atoms with Gasteiger partial charge in [-0.1, -0.05) is 12.1 Å². The number of aryl methyl sites for hydroxylation is 1. The van der Waals surface area contributed by atoms with Gasteiger partial charge in [-0.05, 0) is 37.5 Å². The highest BCUT2D eigenvalue weighted by molar-refractivity contribution is 5.78. The van der Waals surface area contributed by atoms with Gasteiger partial charge >= 0.3 is 0 Å². The summed E-state index contributed by atoms with van der Waals surface area (Å²) in [5, 5.41) is 7.42. The first-order chi connectivity index (χ1) is 9.65. The lowest BCUT2D eigenvalue weighted by atomic mass is 10.0. The fourth-order valence-corrected chi connectivity index (χ4v) is 2.84. The number of anilines is 1. The smallest absolute Gasteiger partial charge is 0.158 e. The summed E-state index contributed by atoms with van der Waals surface area (Å²) in [6.07, 6.45) is 2.12. The van der Waals surface area contributed by atoms with Gasteiger partial charge < -0.3 is 10.6 Å². The zero-order valence-corrected chi connectivity index (χ0v) is 11.6.